The van der Waals surface area contributed by atoms with E-state index in [9.17, 15) is 18.0 Å². The van der Waals surface area contributed by atoms with E-state index in [1.54, 1.807) is 0 Å². The van der Waals surface area contributed by atoms with Crippen LogP contribution in [0.25, 0.3) is 0 Å². The number of halogens is 3. The number of ether oxygens (including phenoxy) is 1. The van der Waals surface area contributed by atoms with Gasteiger partial charge in [-0.3, -0.25) is 4.79 Å². The summed E-state index contributed by atoms with van der Waals surface area (Å²) in [6.45, 7) is 4.37. The first kappa shape index (κ1) is 20.6. The quantitative estimate of drug-likeness (QED) is 0.767. The molecular formula is C21H25F3N4O2. The van der Waals surface area contributed by atoms with Crippen LogP contribution in [0.3, 0.4) is 0 Å². The number of hydrogen-bond acceptors (Lipinski definition) is 4. The van der Waals surface area contributed by atoms with Gasteiger partial charge >= 0.3 is 6.18 Å². The number of aryl methyl sites for hydroxylation is 1. The molecule has 2 N–H and O–H groups in total. The molecule has 1 aromatic heterocycles. The third-order valence-corrected chi connectivity index (χ3v) is 5.77. The average molecular weight is 422 g/mol. The first-order chi connectivity index (χ1) is 14.3. The van der Waals surface area contributed by atoms with Crippen molar-refractivity contribution in [3.63, 3.8) is 0 Å². The van der Waals surface area contributed by atoms with Crippen LogP contribution in [-0.2, 0) is 6.42 Å². The molecule has 3 heterocycles. The highest BCUT2D eigenvalue weighted by molar-refractivity contribution is 5.93. The van der Waals surface area contributed by atoms with E-state index in [0.29, 0.717) is 13.0 Å². The van der Waals surface area contributed by atoms with Crippen molar-refractivity contribution in [2.45, 2.75) is 63.8 Å². The van der Waals surface area contributed by atoms with Crippen molar-refractivity contribution in [2.24, 2.45) is 0 Å². The minimum atomic E-state index is -4.43. The van der Waals surface area contributed by atoms with Crippen LogP contribution in [0.1, 0.15) is 66.8 Å². The largest absolute Gasteiger partial charge is 0.493 e. The smallest absolute Gasteiger partial charge is 0.410 e. The Morgan fingerprint density at radius 3 is 2.93 bits per heavy atom. The van der Waals surface area contributed by atoms with E-state index >= 15 is 0 Å². The summed E-state index contributed by atoms with van der Waals surface area (Å²) in [4.78, 5) is 12.7. The molecule has 2 aliphatic rings. The summed E-state index contributed by atoms with van der Waals surface area (Å²) in [6, 6.07) is 4.81. The first-order valence-corrected chi connectivity index (χ1v) is 10.3. The summed E-state index contributed by atoms with van der Waals surface area (Å²) in [7, 11) is 0. The van der Waals surface area contributed by atoms with Gasteiger partial charge in [-0.05, 0) is 49.8 Å². The van der Waals surface area contributed by atoms with E-state index in [0.717, 1.165) is 34.4 Å². The molecule has 162 valence electrons. The van der Waals surface area contributed by atoms with Gasteiger partial charge in [-0.25, -0.2) is 4.68 Å². The van der Waals surface area contributed by atoms with Crippen molar-refractivity contribution in [3.8, 4) is 5.75 Å². The third-order valence-electron chi connectivity index (χ3n) is 5.77. The van der Waals surface area contributed by atoms with E-state index in [1.165, 1.54) is 6.07 Å². The summed E-state index contributed by atoms with van der Waals surface area (Å²) in [6.07, 6.45) is -2.12. The number of nitrogens with one attached hydrogen (secondary N) is 2. The van der Waals surface area contributed by atoms with E-state index < -0.39 is 18.1 Å². The fraction of sp³-hybridized carbons (Fsp3) is 0.524. The standard InChI is InChI=1S/C21H25F3N4O2/c1-3-15-10-18(21(22,23)24)28-19(26-15)11-16(27-28)20(29)25-12(2)13-6-7-17-14(9-13)5-4-8-30-17/h6-7,9,11-12,15,18,26H,3-5,8,10H2,1-2H3,(H,25,29)/t12?,15-,18-/m1/s1. The third kappa shape index (κ3) is 3.97. The molecule has 9 heteroatoms. The van der Waals surface area contributed by atoms with E-state index in [2.05, 4.69) is 15.7 Å². The number of carbonyl (C=O) groups excluding carboxylic acids is 1. The van der Waals surface area contributed by atoms with Gasteiger partial charge in [-0.15, -0.1) is 0 Å². The molecule has 30 heavy (non-hydrogen) atoms. The van der Waals surface area contributed by atoms with Crippen molar-refractivity contribution < 1.29 is 22.7 Å². The predicted molar refractivity (Wildman–Crippen MR) is 106 cm³/mol. The maximum Gasteiger partial charge on any atom is 0.410 e. The Kier molecular flexibility index (Phi) is 5.38. The van der Waals surface area contributed by atoms with Gasteiger partial charge in [-0.1, -0.05) is 19.1 Å². The first-order valence-electron chi connectivity index (χ1n) is 10.3. The van der Waals surface area contributed by atoms with Gasteiger partial charge in [0.05, 0.1) is 12.6 Å². The summed E-state index contributed by atoms with van der Waals surface area (Å²) in [5.74, 6) is 0.577. The average Bonchev–Trinajstić information content (AvgIpc) is 3.16. The highest BCUT2D eigenvalue weighted by atomic mass is 19.4. The Morgan fingerprint density at radius 2 is 2.20 bits per heavy atom. The number of nitrogens with zero attached hydrogens (tertiary/aromatic N) is 2. The van der Waals surface area contributed by atoms with Crippen LogP contribution in [0.15, 0.2) is 24.3 Å². The Hall–Kier alpha value is -2.71. The lowest BCUT2D eigenvalue weighted by Gasteiger charge is -2.32. The van der Waals surface area contributed by atoms with Crippen LogP contribution in [0.2, 0.25) is 0 Å². The Balaban J connectivity index is 1.52. The van der Waals surface area contributed by atoms with Crippen molar-refractivity contribution in [2.75, 3.05) is 11.9 Å². The van der Waals surface area contributed by atoms with Crippen molar-refractivity contribution >= 4 is 11.7 Å². The molecule has 2 aliphatic heterocycles. The van der Waals surface area contributed by atoms with Gasteiger partial charge in [0.15, 0.2) is 11.7 Å². The fourth-order valence-corrected chi connectivity index (χ4v) is 4.03. The van der Waals surface area contributed by atoms with Gasteiger partial charge in [0.1, 0.15) is 11.6 Å². The molecular weight excluding hydrogens is 397 g/mol. The number of hydrogen-bond donors (Lipinski definition) is 2. The molecule has 0 spiro atoms. The highest BCUT2D eigenvalue weighted by Gasteiger charge is 2.46. The Labute approximate surface area is 172 Å². The minimum Gasteiger partial charge on any atom is -0.493 e. The summed E-state index contributed by atoms with van der Waals surface area (Å²) >= 11 is 0. The van der Waals surface area contributed by atoms with Crippen LogP contribution in [0.4, 0.5) is 19.0 Å². The van der Waals surface area contributed by atoms with Crippen molar-refractivity contribution in [1.29, 1.82) is 0 Å². The molecule has 2 aromatic rings. The van der Waals surface area contributed by atoms with Gasteiger partial charge in [0, 0.05) is 12.1 Å². The monoisotopic (exact) mass is 422 g/mol. The molecule has 1 unspecified atom stereocenters. The SMILES string of the molecule is CC[C@@H]1C[C@H](C(F)(F)F)n2nc(C(=O)NC(C)c3ccc4c(c3)CCCO4)cc2N1. The summed E-state index contributed by atoms with van der Waals surface area (Å²) in [5, 5.41) is 9.88. The number of fused-ring (bicyclic) bond motifs is 2. The number of carbonyl (C=O) groups is 1. The van der Waals surface area contributed by atoms with Crippen LogP contribution in [-0.4, -0.2) is 34.5 Å². The molecule has 0 aliphatic carbocycles. The molecule has 3 atom stereocenters. The molecule has 6 nitrogen and oxygen atoms in total. The van der Waals surface area contributed by atoms with Gasteiger partial charge in [0.25, 0.3) is 5.91 Å². The summed E-state index contributed by atoms with van der Waals surface area (Å²) < 4.78 is 47.0. The number of benzene rings is 1. The number of alkyl halides is 3. The van der Waals surface area contributed by atoms with E-state index in [4.69, 9.17) is 4.74 Å². The maximum absolute atomic E-state index is 13.5. The minimum absolute atomic E-state index is 0.0309. The van der Waals surface area contributed by atoms with Gasteiger partial charge in [-0.2, -0.15) is 18.3 Å². The number of amides is 1. The Morgan fingerprint density at radius 1 is 1.40 bits per heavy atom. The van der Waals surface area contributed by atoms with Gasteiger partial charge in [0.2, 0.25) is 0 Å². The zero-order chi connectivity index (χ0) is 21.5. The molecule has 0 radical (unpaired) electrons. The second-order valence-electron chi connectivity index (χ2n) is 7.92. The lowest BCUT2D eigenvalue weighted by Crippen LogP contribution is -2.39. The number of rotatable bonds is 4. The van der Waals surface area contributed by atoms with E-state index in [-0.39, 0.29) is 30.0 Å². The normalized spacial score (nSPS) is 21.6. The van der Waals surface area contributed by atoms with Crippen LogP contribution < -0.4 is 15.4 Å². The van der Waals surface area contributed by atoms with Crippen molar-refractivity contribution in [1.82, 2.24) is 15.1 Å². The molecule has 1 aromatic carbocycles. The highest BCUT2D eigenvalue weighted by Crippen LogP contribution is 2.40. The lowest BCUT2D eigenvalue weighted by molar-refractivity contribution is -0.173. The zero-order valence-corrected chi connectivity index (χ0v) is 16.9. The molecule has 0 saturated heterocycles. The topological polar surface area (TPSA) is 68.2 Å². The zero-order valence-electron chi connectivity index (χ0n) is 16.9. The second-order valence-corrected chi connectivity index (χ2v) is 7.92. The Bertz CT molecular complexity index is 941. The number of aromatic nitrogens is 2. The van der Waals surface area contributed by atoms with Crippen LogP contribution in [0.5, 0.6) is 5.75 Å². The second kappa shape index (κ2) is 7.85. The van der Waals surface area contributed by atoms with Gasteiger partial charge < -0.3 is 15.4 Å². The molecule has 0 fully saturated rings. The molecule has 0 saturated carbocycles. The fourth-order valence-electron chi connectivity index (χ4n) is 4.03. The number of anilines is 1. The van der Waals surface area contributed by atoms with E-state index in [1.807, 2.05) is 32.0 Å². The van der Waals surface area contributed by atoms with Crippen LogP contribution >= 0.6 is 0 Å². The maximum atomic E-state index is 13.5. The molecule has 4 rings (SSSR count). The molecule has 0 bridgehead atoms. The van der Waals surface area contributed by atoms with Crippen LogP contribution in [0, 0.1) is 0 Å². The summed E-state index contributed by atoms with van der Waals surface area (Å²) in [5.41, 5.74) is 1.98. The lowest BCUT2D eigenvalue weighted by atomic mass is 10.00. The van der Waals surface area contributed by atoms with Crippen molar-refractivity contribution in [3.05, 3.63) is 41.1 Å². The molecule has 1 amide bonds. The predicted octanol–water partition coefficient (Wildman–Crippen LogP) is 4.40.